The van der Waals surface area contributed by atoms with Crippen LogP contribution in [0.3, 0.4) is 0 Å². The molecule has 0 spiro atoms. The summed E-state index contributed by atoms with van der Waals surface area (Å²) in [5.74, 6) is -0.315. The second-order valence-corrected chi connectivity index (χ2v) is 9.82. The average Bonchev–Trinajstić information content (AvgIpc) is 3.08. The highest BCUT2D eigenvalue weighted by molar-refractivity contribution is 7.19. The van der Waals surface area contributed by atoms with Crippen molar-refractivity contribution in [3.05, 3.63) is 62.8 Å². The zero-order valence-electron chi connectivity index (χ0n) is 16.8. The van der Waals surface area contributed by atoms with Crippen LogP contribution >= 0.6 is 22.9 Å². The molecule has 8 heteroatoms. The van der Waals surface area contributed by atoms with Gasteiger partial charge >= 0.3 is 5.97 Å². The lowest BCUT2D eigenvalue weighted by molar-refractivity contribution is -0.136. The number of carbonyl (C=O) groups excluding carboxylic acids is 1. The van der Waals surface area contributed by atoms with Gasteiger partial charge < -0.3 is 4.74 Å². The molecule has 0 unspecified atom stereocenters. The van der Waals surface area contributed by atoms with E-state index in [2.05, 4.69) is 10.1 Å². The van der Waals surface area contributed by atoms with E-state index in [0.717, 1.165) is 15.0 Å². The Morgan fingerprint density at radius 1 is 1.20 bits per heavy atom. The Bertz CT molecular complexity index is 1320. The SMILES string of the molecule is CC(C)(C)CC(=O)Oc1nn(Cc2cc3c(Cl)cccc3s2)c(=O)c2ncccc12. The van der Waals surface area contributed by atoms with Gasteiger partial charge in [-0.1, -0.05) is 38.4 Å². The minimum Gasteiger partial charge on any atom is -0.405 e. The third-order valence-corrected chi connectivity index (χ3v) is 5.85. The number of halogens is 1. The van der Waals surface area contributed by atoms with E-state index in [-0.39, 0.29) is 35.3 Å². The number of rotatable bonds is 4. The summed E-state index contributed by atoms with van der Waals surface area (Å²) in [6.45, 7) is 6.09. The van der Waals surface area contributed by atoms with Crippen LogP contribution in [-0.4, -0.2) is 20.7 Å². The maximum atomic E-state index is 13.0. The summed E-state index contributed by atoms with van der Waals surface area (Å²) in [6.07, 6.45) is 1.76. The van der Waals surface area contributed by atoms with E-state index < -0.39 is 5.97 Å². The van der Waals surface area contributed by atoms with Crippen molar-refractivity contribution < 1.29 is 9.53 Å². The largest absolute Gasteiger partial charge is 0.405 e. The van der Waals surface area contributed by atoms with E-state index in [1.807, 2.05) is 45.0 Å². The van der Waals surface area contributed by atoms with Crippen molar-refractivity contribution in [2.45, 2.75) is 33.7 Å². The van der Waals surface area contributed by atoms with Crippen molar-refractivity contribution in [1.82, 2.24) is 14.8 Å². The van der Waals surface area contributed by atoms with Gasteiger partial charge in [0.15, 0.2) is 0 Å². The first kappa shape index (κ1) is 20.5. The highest BCUT2D eigenvalue weighted by Gasteiger charge is 2.21. The van der Waals surface area contributed by atoms with Gasteiger partial charge in [-0.2, -0.15) is 0 Å². The van der Waals surface area contributed by atoms with Crippen molar-refractivity contribution in [2.75, 3.05) is 0 Å². The lowest BCUT2D eigenvalue weighted by Gasteiger charge is -2.17. The quantitative estimate of drug-likeness (QED) is 0.414. The molecule has 0 N–H and O–H groups in total. The summed E-state index contributed by atoms with van der Waals surface area (Å²) in [5, 5.41) is 6.36. The molecule has 0 saturated heterocycles. The molecule has 0 atom stereocenters. The van der Waals surface area contributed by atoms with Crippen LogP contribution in [-0.2, 0) is 11.3 Å². The Balaban J connectivity index is 1.76. The summed E-state index contributed by atoms with van der Waals surface area (Å²) < 4.78 is 7.86. The summed E-state index contributed by atoms with van der Waals surface area (Å²) in [4.78, 5) is 30.5. The van der Waals surface area contributed by atoms with Gasteiger partial charge in [-0.05, 0) is 35.7 Å². The van der Waals surface area contributed by atoms with Crippen molar-refractivity contribution in [1.29, 1.82) is 0 Å². The van der Waals surface area contributed by atoms with E-state index >= 15 is 0 Å². The van der Waals surface area contributed by atoms with Gasteiger partial charge in [0.05, 0.1) is 18.4 Å². The number of thiophene rings is 1. The molecule has 0 aliphatic heterocycles. The smallest absolute Gasteiger partial charge is 0.313 e. The van der Waals surface area contributed by atoms with Crippen molar-refractivity contribution in [3.63, 3.8) is 0 Å². The molecule has 0 bridgehead atoms. The van der Waals surface area contributed by atoms with Crippen LogP contribution in [0, 0.1) is 5.41 Å². The van der Waals surface area contributed by atoms with E-state index in [1.54, 1.807) is 12.1 Å². The molecule has 3 aromatic heterocycles. The first-order chi connectivity index (χ1) is 14.2. The molecule has 154 valence electrons. The summed E-state index contributed by atoms with van der Waals surface area (Å²) in [6, 6.07) is 11.0. The Morgan fingerprint density at radius 2 is 2.00 bits per heavy atom. The zero-order valence-corrected chi connectivity index (χ0v) is 18.4. The van der Waals surface area contributed by atoms with Crippen LogP contribution in [0.2, 0.25) is 5.02 Å². The van der Waals surface area contributed by atoms with Gasteiger partial charge in [-0.15, -0.1) is 16.4 Å². The Hall–Kier alpha value is -2.77. The summed E-state index contributed by atoms with van der Waals surface area (Å²) in [5.41, 5.74) is -0.356. The minimum absolute atomic E-state index is 0.0890. The average molecular weight is 442 g/mol. The molecule has 0 fully saturated rings. The molecular weight excluding hydrogens is 422 g/mol. The fourth-order valence-corrected chi connectivity index (χ4v) is 4.50. The lowest BCUT2D eigenvalue weighted by atomic mass is 9.92. The third kappa shape index (κ3) is 4.22. The van der Waals surface area contributed by atoms with Gasteiger partial charge in [0, 0.05) is 26.2 Å². The van der Waals surface area contributed by atoms with E-state index in [9.17, 15) is 9.59 Å². The van der Waals surface area contributed by atoms with Gasteiger partial charge in [-0.3, -0.25) is 14.6 Å². The molecule has 4 aromatic rings. The van der Waals surface area contributed by atoms with Gasteiger partial charge in [0.2, 0.25) is 5.88 Å². The van der Waals surface area contributed by atoms with Crippen LogP contribution in [0.15, 0.2) is 47.4 Å². The normalized spacial score (nSPS) is 11.9. The topological polar surface area (TPSA) is 74.1 Å². The van der Waals surface area contributed by atoms with Crippen LogP contribution in [0.1, 0.15) is 32.1 Å². The molecule has 4 rings (SSSR count). The zero-order chi connectivity index (χ0) is 21.5. The van der Waals surface area contributed by atoms with Crippen LogP contribution in [0.5, 0.6) is 5.88 Å². The first-order valence-corrected chi connectivity index (χ1v) is 10.6. The molecule has 30 heavy (non-hydrogen) atoms. The number of carbonyl (C=O) groups is 1. The highest BCUT2D eigenvalue weighted by atomic mass is 35.5. The van der Waals surface area contributed by atoms with Crippen LogP contribution in [0.4, 0.5) is 0 Å². The lowest BCUT2D eigenvalue weighted by Crippen LogP contribution is -2.26. The summed E-state index contributed by atoms with van der Waals surface area (Å²) in [7, 11) is 0. The maximum absolute atomic E-state index is 13.0. The third-order valence-electron chi connectivity index (χ3n) is 4.44. The minimum atomic E-state index is -0.404. The van der Waals surface area contributed by atoms with E-state index in [4.69, 9.17) is 16.3 Å². The van der Waals surface area contributed by atoms with E-state index in [1.165, 1.54) is 22.2 Å². The number of fused-ring (bicyclic) bond motifs is 2. The second kappa shape index (κ2) is 7.81. The molecule has 1 aromatic carbocycles. The monoisotopic (exact) mass is 441 g/mol. The summed E-state index contributed by atoms with van der Waals surface area (Å²) >= 11 is 7.81. The molecule has 0 aliphatic carbocycles. The fourth-order valence-electron chi connectivity index (χ4n) is 3.14. The Morgan fingerprint density at radius 3 is 2.73 bits per heavy atom. The predicted octanol–water partition coefficient (Wildman–Crippen LogP) is 5.05. The predicted molar refractivity (Wildman–Crippen MR) is 119 cm³/mol. The molecule has 0 amide bonds. The molecule has 6 nitrogen and oxygen atoms in total. The maximum Gasteiger partial charge on any atom is 0.313 e. The fraction of sp³-hybridized carbons (Fsp3) is 0.273. The van der Waals surface area contributed by atoms with Gasteiger partial charge in [0.25, 0.3) is 5.56 Å². The Kier molecular flexibility index (Phi) is 5.34. The molecular formula is C22H20ClN3O3S. The van der Waals surface area contributed by atoms with Crippen molar-refractivity contribution in [3.8, 4) is 5.88 Å². The molecule has 0 saturated carbocycles. The number of hydrogen-bond donors (Lipinski definition) is 0. The number of esters is 1. The number of benzene rings is 1. The standard InChI is InChI=1S/C22H20ClN3O3S/c1-22(2,3)11-18(27)29-20-14-6-5-9-24-19(14)21(28)26(25-20)12-13-10-15-16(23)7-4-8-17(15)30-13/h4-10H,11-12H2,1-3H3. The molecule has 3 heterocycles. The first-order valence-electron chi connectivity index (χ1n) is 9.45. The van der Waals surface area contributed by atoms with Gasteiger partial charge in [0.1, 0.15) is 5.52 Å². The number of nitrogens with zero attached hydrogens (tertiary/aromatic N) is 3. The molecule has 0 aliphatic rings. The van der Waals surface area contributed by atoms with Crippen molar-refractivity contribution >= 4 is 49.9 Å². The van der Waals surface area contributed by atoms with Crippen LogP contribution < -0.4 is 10.3 Å². The number of pyridine rings is 1. The number of ether oxygens (including phenoxy) is 1. The van der Waals surface area contributed by atoms with Crippen molar-refractivity contribution in [2.24, 2.45) is 5.41 Å². The number of aromatic nitrogens is 3. The molecule has 0 radical (unpaired) electrons. The van der Waals surface area contributed by atoms with Gasteiger partial charge in [-0.25, -0.2) is 4.68 Å². The highest BCUT2D eigenvalue weighted by Crippen LogP contribution is 2.31. The number of hydrogen-bond acceptors (Lipinski definition) is 6. The Labute approximate surface area is 182 Å². The van der Waals surface area contributed by atoms with E-state index in [0.29, 0.717) is 10.4 Å². The van der Waals surface area contributed by atoms with Crippen LogP contribution in [0.25, 0.3) is 21.0 Å². The second-order valence-electron chi connectivity index (χ2n) is 8.24.